The minimum absolute atomic E-state index is 0.326. The predicted molar refractivity (Wildman–Crippen MR) is 65.8 cm³/mol. The average Bonchev–Trinajstić information content (AvgIpc) is 2.85. The van der Waals surface area contributed by atoms with Crippen molar-refractivity contribution in [3.63, 3.8) is 0 Å². The van der Waals surface area contributed by atoms with E-state index in [0.717, 1.165) is 5.76 Å². The van der Waals surface area contributed by atoms with Gasteiger partial charge in [-0.25, -0.2) is 9.18 Å². The number of hydrogen-bond donors (Lipinski definition) is 2. The van der Waals surface area contributed by atoms with Crippen LogP contribution in [0.15, 0.2) is 47.1 Å². The maximum Gasteiger partial charge on any atom is 0.319 e. The monoisotopic (exact) mass is 248 g/mol. The number of carbonyl (C=O) groups excluding carboxylic acids is 1. The first kappa shape index (κ1) is 12.2. The Balaban J connectivity index is 1.73. The van der Waals surface area contributed by atoms with Crippen LogP contribution >= 0.6 is 0 Å². The van der Waals surface area contributed by atoms with Gasteiger partial charge in [-0.15, -0.1) is 0 Å². The largest absolute Gasteiger partial charge is 0.469 e. The zero-order valence-electron chi connectivity index (χ0n) is 9.65. The van der Waals surface area contributed by atoms with E-state index in [0.29, 0.717) is 18.7 Å². The van der Waals surface area contributed by atoms with Gasteiger partial charge in [-0.3, -0.25) is 0 Å². The summed E-state index contributed by atoms with van der Waals surface area (Å²) in [5, 5.41) is 5.28. The number of hydrogen-bond acceptors (Lipinski definition) is 2. The summed E-state index contributed by atoms with van der Waals surface area (Å²) < 4.78 is 17.8. The fraction of sp³-hybridized carbons (Fsp3) is 0.154. The van der Waals surface area contributed by atoms with Gasteiger partial charge in [0.2, 0.25) is 0 Å². The maximum atomic E-state index is 12.6. The summed E-state index contributed by atoms with van der Waals surface area (Å²) in [6.07, 6.45) is 2.22. The van der Waals surface area contributed by atoms with Crippen molar-refractivity contribution in [1.29, 1.82) is 0 Å². The molecule has 2 amide bonds. The third kappa shape index (κ3) is 3.62. The van der Waals surface area contributed by atoms with Gasteiger partial charge in [0.1, 0.15) is 11.6 Å². The first-order chi connectivity index (χ1) is 8.74. The van der Waals surface area contributed by atoms with Crippen molar-refractivity contribution in [3.05, 3.63) is 54.2 Å². The molecule has 0 unspecified atom stereocenters. The Kier molecular flexibility index (Phi) is 3.96. The fourth-order valence-electron chi connectivity index (χ4n) is 1.46. The molecule has 1 heterocycles. The Morgan fingerprint density at radius 1 is 1.22 bits per heavy atom. The van der Waals surface area contributed by atoms with E-state index in [1.165, 1.54) is 24.3 Å². The minimum atomic E-state index is -0.334. The summed E-state index contributed by atoms with van der Waals surface area (Å²) in [6.45, 7) is 0.473. The van der Waals surface area contributed by atoms with E-state index in [4.69, 9.17) is 4.42 Å². The van der Waals surface area contributed by atoms with Crippen LogP contribution in [-0.2, 0) is 6.42 Å². The standard InChI is InChI=1S/C13H13FN2O2/c14-10-3-5-11(6-4-10)16-13(17)15-8-7-12-2-1-9-18-12/h1-6,9H,7-8H2,(H2,15,16,17). The SMILES string of the molecule is O=C(NCCc1ccco1)Nc1ccc(F)cc1. The summed E-state index contributed by atoms with van der Waals surface area (Å²) in [4.78, 5) is 11.5. The molecule has 0 aliphatic rings. The van der Waals surface area contributed by atoms with Crippen LogP contribution in [0.4, 0.5) is 14.9 Å². The van der Waals surface area contributed by atoms with Crippen molar-refractivity contribution >= 4 is 11.7 Å². The summed E-state index contributed by atoms with van der Waals surface area (Å²) >= 11 is 0. The lowest BCUT2D eigenvalue weighted by Crippen LogP contribution is -2.30. The topological polar surface area (TPSA) is 54.3 Å². The summed E-state index contributed by atoms with van der Waals surface area (Å²) in [7, 11) is 0. The zero-order chi connectivity index (χ0) is 12.8. The molecule has 1 aromatic carbocycles. The van der Waals surface area contributed by atoms with Crippen LogP contribution in [0, 0.1) is 5.82 Å². The molecule has 0 saturated carbocycles. The molecule has 2 aromatic rings. The van der Waals surface area contributed by atoms with E-state index in [-0.39, 0.29) is 11.8 Å². The molecule has 94 valence electrons. The average molecular weight is 248 g/mol. The molecule has 2 rings (SSSR count). The molecule has 0 aliphatic heterocycles. The number of amides is 2. The van der Waals surface area contributed by atoms with Crippen LogP contribution in [0.5, 0.6) is 0 Å². The lowest BCUT2D eigenvalue weighted by molar-refractivity contribution is 0.252. The Morgan fingerprint density at radius 3 is 2.67 bits per heavy atom. The van der Waals surface area contributed by atoms with Crippen molar-refractivity contribution in [2.45, 2.75) is 6.42 Å². The van der Waals surface area contributed by atoms with Gasteiger partial charge in [-0.05, 0) is 36.4 Å². The molecular weight excluding hydrogens is 235 g/mol. The lowest BCUT2D eigenvalue weighted by atomic mass is 10.3. The molecule has 0 saturated heterocycles. The van der Waals surface area contributed by atoms with Crippen molar-refractivity contribution in [2.24, 2.45) is 0 Å². The molecule has 1 aromatic heterocycles. The molecular formula is C13H13FN2O2. The second-order valence-corrected chi connectivity index (χ2v) is 3.72. The van der Waals surface area contributed by atoms with Gasteiger partial charge in [-0.1, -0.05) is 0 Å². The number of anilines is 1. The zero-order valence-corrected chi connectivity index (χ0v) is 9.65. The highest BCUT2D eigenvalue weighted by molar-refractivity contribution is 5.89. The van der Waals surface area contributed by atoms with E-state index in [1.807, 2.05) is 6.07 Å². The first-order valence-corrected chi connectivity index (χ1v) is 5.57. The molecule has 0 radical (unpaired) electrons. The molecule has 5 heteroatoms. The van der Waals surface area contributed by atoms with Crippen molar-refractivity contribution in [1.82, 2.24) is 5.32 Å². The van der Waals surface area contributed by atoms with Crippen LogP contribution in [0.2, 0.25) is 0 Å². The van der Waals surface area contributed by atoms with Gasteiger partial charge in [-0.2, -0.15) is 0 Å². The lowest BCUT2D eigenvalue weighted by Gasteiger charge is -2.06. The van der Waals surface area contributed by atoms with Crippen molar-refractivity contribution in [3.8, 4) is 0 Å². The van der Waals surface area contributed by atoms with Crippen molar-refractivity contribution in [2.75, 3.05) is 11.9 Å². The number of urea groups is 1. The van der Waals surface area contributed by atoms with Gasteiger partial charge in [0.25, 0.3) is 0 Å². The molecule has 2 N–H and O–H groups in total. The van der Waals surface area contributed by atoms with Gasteiger partial charge in [0.15, 0.2) is 0 Å². The van der Waals surface area contributed by atoms with Gasteiger partial charge in [0.05, 0.1) is 6.26 Å². The van der Waals surface area contributed by atoms with Crippen LogP contribution in [0.25, 0.3) is 0 Å². The Labute approximate surface area is 104 Å². The van der Waals surface area contributed by atoms with E-state index in [2.05, 4.69) is 10.6 Å². The van der Waals surface area contributed by atoms with Crippen LogP contribution in [0.3, 0.4) is 0 Å². The maximum absolute atomic E-state index is 12.6. The van der Waals surface area contributed by atoms with E-state index < -0.39 is 0 Å². The quantitative estimate of drug-likeness (QED) is 0.874. The molecule has 0 fully saturated rings. The van der Waals surface area contributed by atoms with E-state index in [9.17, 15) is 9.18 Å². The number of benzene rings is 1. The first-order valence-electron chi connectivity index (χ1n) is 5.57. The van der Waals surface area contributed by atoms with Crippen LogP contribution < -0.4 is 10.6 Å². The van der Waals surface area contributed by atoms with E-state index >= 15 is 0 Å². The predicted octanol–water partition coefficient (Wildman–Crippen LogP) is 2.78. The van der Waals surface area contributed by atoms with Crippen LogP contribution in [0.1, 0.15) is 5.76 Å². The number of halogens is 1. The number of carbonyl (C=O) groups is 1. The number of furan rings is 1. The molecule has 4 nitrogen and oxygen atoms in total. The molecule has 0 aliphatic carbocycles. The highest BCUT2D eigenvalue weighted by Gasteiger charge is 2.02. The molecule has 18 heavy (non-hydrogen) atoms. The third-order valence-electron chi connectivity index (χ3n) is 2.34. The minimum Gasteiger partial charge on any atom is -0.469 e. The normalized spacial score (nSPS) is 10.1. The van der Waals surface area contributed by atoms with Crippen molar-refractivity contribution < 1.29 is 13.6 Å². The van der Waals surface area contributed by atoms with Gasteiger partial charge >= 0.3 is 6.03 Å². The Bertz CT molecular complexity index is 494. The summed E-state index contributed by atoms with van der Waals surface area (Å²) in [6, 6.07) is 8.90. The summed E-state index contributed by atoms with van der Waals surface area (Å²) in [5.41, 5.74) is 0.548. The number of rotatable bonds is 4. The van der Waals surface area contributed by atoms with Crippen LogP contribution in [-0.4, -0.2) is 12.6 Å². The fourth-order valence-corrected chi connectivity index (χ4v) is 1.46. The second kappa shape index (κ2) is 5.86. The smallest absolute Gasteiger partial charge is 0.319 e. The molecule has 0 atom stereocenters. The highest BCUT2D eigenvalue weighted by atomic mass is 19.1. The van der Waals surface area contributed by atoms with Gasteiger partial charge < -0.3 is 15.1 Å². The highest BCUT2D eigenvalue weighted by Crippen LogP contribution is 2.07. The van der Waals surface area contributed by atoms with E-state index in [1.54, 1.807) is 12.3 Å². The van der Waals surface area contributed by atoms with Gasteiger partial charge in [0, 0.05) is 18.7 Å². The summed E-state index contributed by atoms with van der Waals surface area (Å²) in [5.74, 6) is 0.482. The third-order valence-corrected chi connectivity index (χ3v) is 2.34. The second-order valence-electron chi connectivity index (χ2n) is 3.72. The Morgan fingerprint density at radius 2 is 2.00 bits per heavy atom. The number of nitrogens with one attached hydrogen (secondary N) is 2. The Hall–Kier alpha value is -2.30. The molecule has 0 spiro atoms. The molecule has 0 bridgehead atoms.